The van der Waals surface area contributed by atoms with E-state index in [9.17, 15) is 0 Å². The minimum absolute atomic E-state index is 0.764. The van der Waals surface area contributed by atoms with Crippen LogP contribution in [0.3, 0.4) is 0 Å². The summed E-state index contributed by atoms with van der Waals surface area (Å²) in [4.78, 5) is 2.63. The molecule has 1 fully saturated rings. The molecule has 0 saturated carbocycles. The molecule has 1 aromatic rings. The largest absolute Gasteiger partial charge is 0.493 e. The fourth-order valence-electron chi connectivity index (χ4n) is 3.12. The molecule has 0 spiro atoms. The van der Waals surface area contributed by atoms with Crippen LogP contribution in [0, 0.1) is 0 Å². The number of nitrogens with zero attached hydrogens (tertiary/aromatic N) is 1. The molecule has 1 heterocycles. The molecule has 22 heavy (non-hydrogen) atoms. The van der Waals surface area contributed by atoms with Crippen molar-refractivity contribution in [2.24, 2.45) is 0 Å². The summed E-state index contributed by atoms with van der Waals surface area (Å²) < 4.78 is 10.6. The average Bonchev–Trinajstić information content (AvgIpc) is 2.56. The van der Waals surface area contributed by atoms with Crippen LogP contribution in [-0.2, 0) is 6.54 Å². The zero-order chi connectivity index (χ0) is 15.8. The molecule has 0 radical (unpaired) electrons. The number of piperidine rings is 1. The Balaban J connectivity index is 1.68. The lowest BCUT2D eigenvalue weighted by atomic mass is 10.0. The molecule has 2 rings (SSSR count). The number of nitrogens with one attached hydrogen (secondary N) is 1. The second-order valence-electron chi connectivity index (χ2n) is 6.10. The van der Waals surface area contributed by atoms with Gasteiger partial charge >= 0.3 is 0 Å². The Morgan fingerprint density at radius 1 is 1.18 bits per heavy atom. The van der Waals surface area contributed by atoms with Gasteiger partial charge in [-0.25, -0.2) is 0 Å². The van der Waals surface area contributed by atoms with Crippen molar-refractivity contribution < 1.29 is 9.47 Å². The molecule has 1 aromatic carbocycles. The third-order valence-corrected chi connectivity index (χ3v) is 4.52. The molecule has 1 aliphatic rings. The molecule has 1 aliphatic heterocycles. The fraction of sp³-hybridized carbons (Fsp3) is 0.667. The van der Waals surface area contributed by atoms with E-state index in [2.05, 4.69) is 23.2 Å². The maximum absolute atomic E-state index is 5.34. The van der Waals surface area contributed by atoms with Crippen molar-refractivity contribution >= 4 is 0 Å². The van der Waals surface area contributed by atoms with Gasteiger partial charge in [-0.3, -0.25) is 0 Å². The molecule has 124 valence electrons. The Kier molecular flexibility index (Phi) is 7.00. The van der Waals surface area contributed by atoms with E-state index in [1.54, 1.807) is 14.2 Å². The molecule has 0 amide bonds. The predicted molar refractivity (Wildman–Crippen MR) is 90.8 cm³/mol. The molecule has 0 unspecified atom stereocenters. The summed E-state index contributed by atoms with van der Waals surface area (Å²) in [5.74, 6) is 1.58. The van der Waals surface area contributed by atoms with Crippen LogP contribution in [0.1, 0.15) is 38.2 Å². The van der Waals surface area contributed by atoms with Crippen LogP contribution in [0.4, 0.5) is 0 Å². The number of likely N-dealkylation sites (tertiary alicyclic amines) is 1. The third kappa shape index (κ3) is 4.89. The van der Waals surface area contributed by atoms with Crippen molar-refractivity contribution in [1.82, 2.24) is 10.2 Å². The van der Waals surface area contributed by atoms with Gasteiger partial charge in [0.1, 0.15) is 0 Å². The highest BCUT2D eigenvalue weighted by molar-refractivity contribution is 5.42. The van der Waals surface area contributed by atoms with Crippen molar-refractivity contribution in [3.05, 3.63) is 23.8 Å². The van der Waals surface area contributed by atoms with Crippen LogP contribution in [0.2, 0.25) is 0 Å². The number of hydrogen-bond acceptors (Lipinski definition) is 4. The minimum atomic E-state index is 0.764. The summed E-state index contributed by atoms with van der Waals surface area (Å²) in [6.45, 7) is 6.76. The first-order valence-corrected chi connectivity index (χ1v) is 8.40. The van der Waals surface area contributed by atoms with Crippen molar-refractivity contribution in [3.8, 4) is 11.5 Å². The van der Waals surface area contributed by atoms with Crippen LogP contribution < -0.4 is 14.8 Å². The van der Waals surface area contributed by atoms with Gasteiger partial charge in [0.15, 0.2) is 11.5 Å². The molecule has 0 aliphatic carbocycles. The fourth-order valence-corrected chi connectivity index (χ4v) is 3.12. The van der Waals surface area contributed by atoms with Gasteiger partial charge in [-0.05, 0) is 63.5 Å². The van der Waals surface area contributed by atoms with Gasteiger partial charge in [0.25, 0.3) is 0 Å². The van der Waals surface area contributed by atoms with Gasteiger partial charge in [-0.1, -0.05) is 12.5 Å². The van der Waals surface area contributed by atoms with E-state index in [1.807, 2.05) is 12.1 Å². The highest BCUT2D eigenvalue weighted by Crippen LogP contribution is 2.27. The molecule has 1 atom stereocenters. The molecular formula is C18H30N2O2. The Hall–Kier alpha value is -1.26. The molecule has 0 bridgehead atoms. The zero-order valence-electron chi connectivity index (χ0n) is 14.2. The van der Waals surface area contributed by atoms with E-state index in [0.29, 0.717) is 0 Å². The van der Waals surface area contributed by atoms with E-state index in [4.69, 9.17) is 9.47 Å². The molecule has 4 nitrogen and oxygen atoms in total. The maximum atomic E-state index is 5.34. The lowest BCUT2D eigenvalue weighted by Crippen LogP contribution is -2.38. The van der Waals surface area contributed by atoms with Crippen LogP contribution in [0.15, 0.2) is 18.2 Å². The third-order valence-electron chi connectivity index (χ3n) is 4.52. The van der Waals surface area contributed by atoms with Crippen molar-refractivity contribution in [1.29, 1.82) is 0 Å². The van der Waals surface area contributed by atoms with Gasteiger partial charge in [-0.15, -0.1) is 0 Å². The summed E-state index contributed by atoms with van der Waals surface area (Å²) in [5, 5.41) is 3.52. The van der Waals surface area contributed by atoms with Crippen molar-refractivity contribution in [3.63, 3.8) is 0 Å². The number of ether oxygens (including phenoxy) is 2. The number of methoxy groups -OCH3 is 2. The second kappa shape index (κ2) is 9.01. The van der Waals surface area contributed by atoms with Gasteiger partial charge in [-0.2, -0.15) is 0 Å². The Morgan fingerprint density at radius 2 is 2.00 bits per heavy atom. The number of hydrogen-bond donors (Lipinski definition) is 1. The highest BCUT2D eigenvalue weighted by Gasteiger charge is 2.16. The molecule has 1 N–H and O–H groups in total. The quantitative estimate of drug-likeness (QED) is 0.749. The Morgan fingerprint density at radius 3 is 2.73 bits per heavy atom. The van der Waals surface area contributed by atoms with Crippen LogP contribution in [-0.4, -0.2) is 44.8 Å². The lowest BCUT2D eigenvalue weighted by molar-refractivity contribution is 0.159. The highest BCUT2D eigenvalue weighted by atomic mass is 16.5. The zero-order valence-corrected chi connectivity index (χ0v) is 14.2. The standard InChI is InChI=1S/C18H30N2O2/c1-15-7-4-5-11-20(15)12-6-10-19-14-16-8-9-17(21-2)18(13-16)22-3/h8-9,13,15,19H,4-7,10-12,14H2,1-3H3/t15-/m1/s1. The summed E-state index contributed by atoms with van der Waals surface area (Å²) >= 11 is 0. The molecule has 4 heteroatoms. The monoisotopic (exact) mass is 306 g/mol. The summed E-state index contributed by atoms with van der Waals surface area (Å²) in [6.07, 6.45) is 5.33. The van der Waals surface area contributed by atoms with E-state index in [0.717, 1.165) is 30.6 Å². The lowest BCUT2D eigenvalue weighted by Gasteiger charge is -2.33. The van der Waals surface area contributed by atoms with Crippen LogP contribution >= 0.6 is 0 Å². The van der Waals surface area contributed by atoms with Crippen LogP contribution in [0.25, 0.3) is 0 Å². The van der Waals surface area contributed by atoms with E-state index < -0.39 is 0 Å². The number of rotatable bonds is 8. The topological polar surface area (TPSA) is 33.7 Å². The van der Waals surface area contributed by atoms with Gasteiger partial charge in [0.2, 0.25) is 0 Å². The Bertz CT molecular complexity index is 451. The second-order valence-corrected chi connectivity index (χ2v) is 6.10. The van der Waals surface area contributed by atoms with Gasteiger partial charge in [0, 0.05) is 12.6 Å². The van der Waals surface area contributed by atoms with Gasteiger partial charge in [0.05, 0.1) is 14.2 Å². The Labute approximate surface area is 134 Å². The van der Waals surface area contributed by atoms with Crippen molar-refractivity contribution in [2.45, 2.75) is 45.2 Å². The molecular weight excluding hydrogens is 276 g/mol. The minimum Gasteiger partial charge on any atom is -0.493 e. The van der Waals surface area contributed by atoms with E-state index in [-0.39, 0.29) is 0 Å². The molecule has 1 saturated heterocycles. The summed E-state index contributed by atoms with van der Waals surface area (Å²) in [7, 11) is 3.34. The predicted octanol–water partition coefficient (Wildman–Crippen LogP) is 3.06. The SMILES string of the molecule is COc1ccc(CNCCCN2CCCC[C@H]2C)cc1OC. The first-order valence-electron chi connectivity index (χ1n) is 8.40. The normalized spacial score (nSPS) is 19.1. The first-order chi connectivity index (χ1) is 10.7. The van der Waals surface area contributed by atoms with E-state index >= 15 is 0 Å². The smallest absolute Gasteiger partial charge is 0.161 e. The van der Waals surface area contributed by atoms with Crippen LogP contribution in [0.5, 0.6) is 11.5 Å². The number of benzene rings is 1. The summed E-state index contributed by atoms with van der Waals surface area (Å²) in [6, 6.07) is 6.85. The van der Waals surface area contributed by atoms with Crippen molar-refractivity contribution in [2.75, 3.05) is 33.9 Å². The maximum Gasteiger partial charge on any atom is 0.161 e. The first kappa shape index (κ1) is 17.1. The van der Waals surface area contributed by atoms with Gasteiger partial charge < -0.3 is 19.7 Å². The summed E-state index contributed by atoms with van der Waals surface area (Å²) in [5.41, 5.74) is 1.23. The van der Waals surface area contributed by atoms with E-state index in [1.165, 1.54) is 44.3 Å². The average molecular weight is 306 g/mol. The molecule has 0 aromatic heterocycles.